The zero-order valence-electron chi connectivity index (χ0n) is 16.5. The van der Waals surface area contributed by atoms with Gasteiger partial charge in [-0.25, -0.2) is 4.39 Å². The van der Waals surface area contributed by atoms with Crippen LogP contribution in [0.25, 0.3) is 22.1 Å². The minimum Gasteiger partial charge on any atom is -0.478 e. The van der Waals surface area contributed by atoms with E-state index in [2.05, 4.69) is 4.90 Å². The molecular weight excluding hydrogens is 381 g/mol. The SMILES string of the molecule is Cc1oc2c3c(ccc2c(=O)c1-c1ccccc1)OCN(Cc1ccc(F)cc1)C3. The van der Waals surface area contributed by atoms with Crippen molar-refractivity contribution in [3.63, 3.8) is 0 Å². The van der Waals surface area contributed by atoms with Crippen molar-refractivity contribution in [3.8, 4) is 16.9 Å². The average Bonchev–Trinajstić information content (AvgIpc) is 2.76. The molecule has 2 heterocycles. The largest absolute Gasteiger partial charge is 0.478 e. The van der Waals surface area contributed by atoms with Gasteiger partial charge in [-0.2, -0.15) is 0 Å². The van der Waals surface area contributed by atoms with Gasteiger partial charge in [-0.05, 0) is 42.3 Å². The lowest BCUT2D eigenvalue weighted by molar-refractivity contribution is 0.0889. The number of halogens is 1. The molecular formula is C25H20FNO3. The van der Waals surface area contributed by atoms with Gasteiger partial charge in [-0.1, -0.05) is 42.5 Å². The second-order valence-electron chi connectivity index (χ2n) is 7.53. The van der Waals surface area contributed by atoms with Crippen LogP contribution < -0.4 is 10.2 Å². The number of rotatable bonds is 3. The third-order valence-corrected chi connectivity index (χ3v) is 5.46. The Labute approximate surface area is 173 Å². The summed E-state index contributed by atoms with van der Waals surface area (Å²) in [6.07, 6.45) is 0. The number of hydrogen-bond acceptors (Lipinski definition) is 4. The van der Waals surface area contributed by atoms with E-state index < -0.39 is 0 Å². The zero-order valence-corrected chi connectivity index (χ0v) is 16.5. The highest BCUT2D eigenvalue weighted by Crippen LogP contribution is 2.34. The molecule has 150 valence electrons. The maximum absolute atomic E-state index is 13.3. The molecule has 5 rings (SSSR count). The first-order chi connectivity index (χ1) is 14.6. The topological polar surface area (TPSA) is 42.7 Å². The van der Waals surface area contributed by atoms with Gasteiger partial charge in [0, 0.05) is 13.1 Å². The fourth-order valence-electron chi connectivity index (χ4n) is 4.01. The van der Waals surface area contributed by atoms with Crippen molar-refractivity contribution < 1.29 is 13.5 Å². The molecule has 3 aromatic carbocycles. The van der Waals surface area contributed by atoms with Crippen molar-refractivity contribution in [1.29, 1.82) is 0 Å². The molecule has 0 unspecified atom stereocenters. The molecule has 0 spiro atoms. The fourth-order valence-corrected chi connectivity index (χ4v) is 4.01. The molecule has 0 amide bonds. The van der Waals surface area contributed by atoms with Crippen molar-refractivity contribution in [1.82, 2.24) is 4.90 Å². The Balaban J connectivity index is 1.55. The molecule has 0 fully saturated rings. The third kappa shape index (κ3) is 3.27. The van der Waals surface area contributed by atoms with Crippen molar-refractivity contribution in [3.05, 3.63) is 99.7 Å². The van der Waals surface area contributed by atoms with Crippen LogP contribution in [0, 0.1) is 12.7 Å². The van der Waals surface area contributed by atoms with Gasteiger partial charge in [0.2, 0.25) is 5.43 Å². The smallest absolute Gasteiger partial charge is 0.200 e. The predicted octanol–water partition coefficient (Wildman–Crippen LogP) is 5.26. The molecule has 0 aliphatic carbocycles. The molecule has 0 saturated heterocycles. The molecule has 0 bridgehead atoms. The summed E-state index contributed by atoms with van der Waals surface area (Å²) in [6, 6.07) is 19.6. The Morgan fingerprint density at radius 1 is 1.00 bits per heavy atom. The minimum atomic E-state index is -0.253. The summed E-state index contributed by atoms with van der Waals surface area (Å²) < 4.78 is 25.3. The quantitative estimate of drug-likeness (QED) is 0.470. The van der Waals surface area contributed by atoms with Crippen LogP contribution in [0.4, 0.5) is 4.39 Å². The van der Waals surface area contributed by atoms with Crippen LogP contribution >= 0.6 is 0 Å². The minimum absolute atomic E-state index is 0.0431. The van der Waals surface area contributed by atoms with Gasteiger partial charge in [-0.15, -0.1) is 0 Å². The monoisotopic (exact) mass is 401 g/mol. The highest BCUT2D eigenvalue weighted by atomic mass is 19.1. The van der Waals surface area contributed by atoms with Gasteiger partial charge in [0.1, 0.15) is 29.6 Å². The van der Waals surface area contributed by atoms with Gasteiger partial charge in [0.15, 0.2) is 0 Å². The Kier molecular flexibility index (Phi) is 4.60. The first-order valence-electron chi connectivity index (χ1n) is 9.84. The summed E-state index contributed by atoms with van der Waals surface area (Å²) in [5, 5.41) is 0.547. The Morgan fingerprint density at radius 3 is 2.53 bits per heavy atom. The summed E-state index contributed by atoms with van der Waals surface area (Å²) in [7, 11) is 0. The molecule has 0 atom stereocenters. The van der Waals surface area contributed by atoms with Gasteiger partial charge < -0.3 is 9.15 Å². The molecule has 1 aromatic heterocycles. The Bertz CT molecular complexity index is 1280. The summed E-state index contributed by atoms with van der Waals surface area (Å²) in [4.78, 5) is 15.4. The second-order valence-corrected chi connectivity index (χ2v) is 7.53. The van der Waals surface area contributed by atoms with Gasteiger partial charge in [0.05, 0.1) is 16.5 Å². The van der Waals surface area contributed by atoms with Crippen LogP contribution in [0.5, 0.6) is 5.75 Å². The van der Waals surface area contributed by atoms with Gasteiger partial charge >= 0.3 is 0 Å². The highest BCUT2D eigenvalue weighted by molar-refractivity contribution is 5.86. The molecule has 0 radical (unpaired) electrons. The molecule has 30 heavy (non-hydrogen) atoms. The summed E-state index contributed by atoms with van der Waals surface area (Å²) in [5.41, 5.74) is 3.81. The molecule has 4 aromatic rings. The highest BCUT2D eigenvalue weighted by Gasteiger charge is 2.24. The predicted molar refractivity (Wildman–Crippen MR) is 114 cm³/mol. The lowest BCUT2D eigenvalue weighted by Gasteiger charge is -2.29. The maximum Gasteiger partial charge on any atom is 0.200 e. The fraction of sp³-hybridized carbons (Fsp3) is 0.160. The molecule has 0 saturated carbocycles. The van der Waals surface area contributed by atoms with E-state index in [0.29, 0.717) is 42.1 Å². The molecule has 1 aliphatic rings. The number of fused-ring (bicyclic) bond motifs is 3. The Hall–Kier alpha value is -3.44. The van der Waals surface area contributed by atoms with E-state index in [0.717, 1.165) is 22.4 Å². The second kappa shape index (κ2) is 7.43. The number of benzene rings is 3. The summed E-state index contributed by atoms with van der Waals surface area (Å²) in [5.74, 6) is 1.06. The number of ether oxygens (including phenoxy) is 1. The van der Waals surface area contributed by atoms with Gasteiger partial charge in [-0.3, -0.25) is 9.69 Å². The molecule has 0 N–H and O–H groups in total. The maximum atomic E-state index is 13.3. The lowest BCUT2D eigenvalue weighted by Crippen LogP contribution is -2.31. The molecule has 1 aliphatic heterocycles. The normalized spacial score (nSPS) is 13.8. The van der Waals surface area contributed by atoms with E-state index in [9.17, 15) is 9.18 Å². The standard InChI is InChI=1S/C25H20FNO3/c1-16-23(18-5-3-2-4-6-18)24(28)20-11-12-22-21(25(20)30-16)14-27(15-29-22)13-17-7-9-19(26)10-8-17/h2-12H,13-15H2,1H3. The average molecular weight is 401 g/mol. The van der Waals surface area contributed by atoms with E-state index in [1.54, 1.807) is 18.2 Å². The van der Waals surface area contributed by atoms with E-state index in [1.165, 1.54) is 12.1 Å². The van der Waals surface area contributed by atoms with E-state index in [1.807, 2.05) is 43.3 Å². The Morgan fingerprint density at radius 2 is 1.77 bits per heavy atom. The van der Waals surface area contributed by atoms with E-state index in [-0.39, 0.29) is 11.2 Å². The van der Waals surface area contributed by atoms with Crippen LogP contribution in [0.1, 0.15) is 16.9 Å². The van der Waals surface area contributed by atoms with E-state index >= 15 is 0 Å². The van der Waals surface area contributed by atoms with Crippen LogP contribution in [-0.2, 0) is 13.1 Å². The summed E-state index contributed by atoms with van der Waals surface area (Å²) in [6.45, 7) is 3.43. The van der Waals surface area contributed by atoms with E-state index in [4.69, 9.17) is 9.15 Å². The van der Waals surface area contributed by atoms with Crippen LogP contribution in [0.15, 0.2) is 75.9 Å². The first-order valence-corrected chi connectivity index (χ1v) is 9.84. The molecule has 4 nitrogen and oxygen atoms in total. The zero-order chi connectivity index (χ0) is 20.7. The van der Waals surface area contributed by atoms with Crippen LogP contribution in [-0.4, -0.2) is 11.6 Å². The lowest BCUT2D eigenvalue weighted by atomic mass is 10.0. The van der Waals surface area contributed by atoms with Crippen molar-refractivity contribution >= 4 is 11.0 Å². The van der Waals surface area contributed by atoms with Crippen molar-refractivity contribution in [2.75, 3.05) is 6.73 Å². The third-order valence-electron chi connectivity index (χ3n) is 5.46. The number of aryl methyl sites for hydroxylation is 1. The molecule has 5 heteroatoms. The first kappa shape index (κ1) is 18.6. The van der Waals surface area contributed by atoms with Crippen LogP contribution in [0.2, 0.25) is 0 Å². The summed E-state index contributed by atoms with van der Waals surface area (Å²) >= 11 is 0. The van der Waals surface area contributed by atoms with Gasteiger partial charge in [0.25, 0.3) is 0 Å². The van der Waals surface area contributed by atoms with Crippen molar-refractivity contribution in [2.24, 2.45) is 0 Å². The van der Waals surface area contributed by atoms with Crippen LogP contribution in [0.3, 0.4) is 0 Å². The number of hydrogen-bond donors (Lipinski definition) is 0. The number of nitrogens with zero attached hydrogens (tertiary/aromatic N) is 1. The van der Waals surface area contributed by atoms with Crippen molar-refractivity contribution in [2.45, 2.75) is 20.0 Å².